The number of fused-ring (bicyclic) bond motifs is 1. The maximum Gasteiger partial charge on any atom is 0.408 e. The first-order valence-electron chi connectivity index (χ1n) is 19.8. The van der Waals surface area contributed by atoms with Crippen LogP contribution in [0.4, 0.5) is 4.79 Å². The Bertz CT molecular complexity index is 2290. The summed E-state index contributed by atoms with van der Waals surface area (Å²) in [5, 5.41) is 13.7. The Morgan fingerprint density at radius 1 is 0.661 bits per heavy atom. The molecule has 0 aliphatic rings. The Morgan fingerprint density at radius 3 is 1.90 bits per heavy atom. The van der Waals surface area contributed by atoms with Gasteiger partial charge in [0.1, 0.15) is 36.8 Å². The average Bonchev–Trinajstić information content (AvgIpc) is 3.94. The summed E-state index contributed by atoms with van der Waals surface area (Å²) in [6.45, 7) is 0.950. The molecule has 326 valence electrons. The van der Waals surface area contributed by atoms with Gasteiger partial charge in [-0.3, -0.25) is 28.8 Å². The van der Waals surface area contributed by atoms with Crippen molar-refractivity contribution in [3.05, 3.63) is 126 Å². The number of aromatic amines is 2. The Kier molecular flexibility index (Phi) is 16.7. The van der Waals surface area contributed by atoms with E-state index in [0.29, 0.717) is 16.8 Å². The van der Waals surface area contributed by atoms with Gasteiger partial charge in [-0.15, -0.1) is 0 Å². The fraction of sp³-hybridized carbons (Fsp3) is 0.302. The molecule has 5 aromatic rings. The molecule has 3 aromatic carbocycles. The highest BCUT2D eigenvalue weighted by Crippen LogP contribution is 2.19. The van der Waals surface area contributed by atoms with Crippen LogP contribution in [0.5, 0.6) is 0 Å². The number of hydrogen-bond acceptors (Lipinski definition) is 10. The molecule has 0 spiro atoms. The van der Waals surface area contributed by atoms with Crippen molar-refractivity contribution >= 4 is 52.4 Å². The molecule has 2 aromatic heterocycles. The molecule has 62 heavy (non-hydrogen) atoms. The van der Waals surface area contributed by atoms with E-state index in [-0.39, 0.29) is 38.9 Å². The van der Waals surface area contributed by atoms with Gasteiger partial charge in [0, 0.05) is 48.3 Å². The van der Waals surface area contributed by atoms with Crippen LogP contribution in [0.2, 0.25) is 0 Å². The quantitative estimate of drug-likeness (QED) is 0.0448. The number of alkyl carbamates (subject to hydrolysis) is 1. The number of nitrogens with zero attached hydrogens (tertiary/aromatic N) is 1. The number of carbonyl (C=O) groups excluding carboxylic acids is 7. The van der Waals surface area contributed by atoms with Gasteiger partial charge in [0.15, 0.2) is 0 Å². The summed E-state index contributed by atoms with van der Waals surface area (Å²) in [7, 11) is 0. The Morgan fingerprint density at radius 2 is 1.24 bits per heavy atom. The first-order chi connectivity index (χ1) is 29.9. The molecule has 0 fully saturated rings. The van der Waals surface area contributed by atoms with Crippen molar-refractivity contribution in [2.75, 3.05) is 6.61 Å². The van der Waals surface area contributed by atoms with Gasteiger partial charge in [-0.1, -0.05) is 78.9 Å². The molecule has 5 rings (SSSR count). The minimum atomic E-state index is -1.47. The fourth-order valence-corrected chi connectivity index (χ4v) is 6.27. The van der Waals surface area contributed by atoms with E-state index in [4.69, 9.17) is 20.9 Å². The molecule has 11 N–H and O–H groups in total. The van der Waals surface area contributed by atoms with Crippen molar-refractivity contribution in [2.45, 2.75) is 76.0 Å². The van der Waals surface area contributed by atoms with Crippen molar-refractivity contribution in [3.8, 4) is 0 Å². The van der Waals surface area contributed by atoms with Crippen molar-refractivity contribution in [2.24, 2.45) is 11.5 Å². The summed E-state index contributed by atoms with van der Waals surface area (Å²) >= 11 is 0. The first kappa shape index (κ1) is 45.5. The minimum Gasteiger partial charge on any atom is -0.445 e. The molecular weight excluding hydrogens is 801 g/mol. The molecule has 0 aliphatic carbocycles. The third-order valence-electron chi connectivity index (χ3n) is 9.66. The highest BCUT2D eigenvalue weighted by atomic mass is 16.5. The van der Waals surface area contributed by atoms with Crippen molar-refractivity contribution in [1.82, 2.24) is 41.5 Å². The predicted octanol–water partition coefficient (Wildman–Crippen LogP) is 0.898. The van der Waals surface area contributed by atoms with Gasteiger partial charge in [-0.05, 0) is 36.1 Å². The third-order valence-corrected chi connectivity index (χ3v) is 9.66. The predicted molar refractivity (Wildman–Crippen MR) is 225 cm³/mol. The van der Waals surface area contributed by atoms with Crippen LogP contribution in [-0.2, 0) is 64.3 Å². The first-order valence-corrected chi connectivity index (χ1v) is 19.8. The van der Waals surface area contributed by atoms with Gasteiger partial charge >= 0.3 is 6.09 Å². The maximum absolute atomic E-state index is 14.2. The monoisotopic (exact) mass is 850 g/mol. The number of hydrogen-bond donors (Lipinski definition) is 9. The van der Waals surface area contributed by atoms with E-state index >= 15 is 0 Å². The molecule has 0 radical (unpaired) electrons. The summed E-state index contributed by atoms with van der Waals surface area (Å²) in [5.41, 5.74) is 14.3. The zero-order valence-electron chi connectivity index (χ0n) is 33.9. The number of ether oxygens (including phenoxy) is 2. The molecule has 5 atom stereocenters. The number of primary amides is 2. The molecule has 2 heterocycles. The van der Waals surface area contributed by atoms with Crippen LogP contribution in [0.15, 0.2) is 104 Å². The fourth-order valence-electron chi connectivity index (χ4n) is 6.27. The summed E-state index contributed by atoms with van der Waals surface area (Å²) in [5.74, 6) is -4.89. The lowest BCUT2D eigenvalue weighted by atomic mass is 10.0. The number of carbonyl (C=O) groups is 7. The standard InChI is InChI=1S/C43H50N10O9/c1-26(38(45)55)49-40(57)34(18-29-20-47-32-15-9-8-14-31(29)32)51-42(59)36(24-61-22-27-10-4-2-5-11-27)52-39(56)33(16-17-37(44)54)50-41(58)35(19-30-21-46-25-48-30)53-43(60)62-23-28-12-6-3-7-13-28/h2-15,20-21,25-26,33-36,47H,16-19,22-24H2,1H3,(H2,44,54)(H2,45,55)(H,46,48)(H,49,57)(H,50,58)(H,51,59)(H,52,56)(H,53,60)/t26-,33+,34+,35+,36+/m1/s1. The number of para-hydroxylation sites is 1. The summed E-state index contributed by atoms with van der Waals surface area (Å²) in [6.07, 6.45) is 2.85. The number of nitrogens with one attached hydrogen (secondary N) is 7. The van der Waals surface area contributed by atoms with Crippen LogP contribution in [0, 0.1) is 0 Å². The van der Waals surface area contributed by atoms with E-state index in [0.717, 1.165) is 16.5 Å². The molecule has 19 heteroatoms. The van der Waals surface area contributed by atoms with Crippen LogP contribution in [-0.4, -0.2) is 93.3 Å². The maximum atomic E-state index is 14.2. The second-order valence-electron chi connectivity index (χ2n) is 14.4. The van der Waals surface area contributed by atoms with Gasteiger partial charge in [-0.25, -0.2) is 9.78 Å². The number of H-pyrrole nitrogens is 2. The van der Waals surface area contributed by atoms with Crippen LogP contribution >= 0.6 is 0 Å². The average molecular weight is 851 g/mol. The van der Waals surface area contributed by atoms with E-state index in [2.05, 4.69) is 41.5 Å². The molecule has 0 unspecified atom stereocenters. The second kappa shape index (κ2) is 22.7. The molecule has 0 bridgehead atoms. The Labute approximate surface area is 356 Å². The Hall–Kier alpha value is -7.54. The lowest BCUT2D eigenvalue weighted by molar-refractivity contribution is -0.136. The lowest BCUT2D eigenvalue weighted by Gasteiger charge is -2.26. The number of aromatic nitrogens is 3. The Balaban J connectivity index is 1.37. The molecule has 0 saturated heterocycles. The topological polar surface area (TPSA) is 295 Å². The van der Waals surface area contributed by atoms with Gasteiger partial charge in [-0.2, -0.15) is 0 Å². The lowest BCUT2D eigenvalue weighted by Crippen LogP contribution is -2.60. The number of benzene rings is 3. The highest BCUT2D eigenvalue weighted by molar-refractivity contribution is 5.97. The van der Waals surface area contributed by atoms with Crippen LogP contribution in [0.3, 0.4) is 0 Å². The largest absolute Gasteiger partial charge is 0.445 e. The van der Waals surface area contributed by atoms with E-state index in [1.165, 1.54) is 19.4 Å². The number of nitrogens with two attached hydrogens (primary N) is 2. The highest BCUT2D eigenvalue weighted by Gasteiger charge is 2.33. The van der Waals surface area contributed by atoms with Crippen molar-refractivity contribution < 1.29 is 43.0 Å². The van der Waals surface area contributed by atoms with E-state index in [1.807, 2.05) is 36.4 Å². The number of rotatable bonds is 23. The molecular formula is C43H50N10O9. The van der Waals surface area contributed by atoms with Crippen LogP contribution in [0.25, 0.3) is 10.9 Å². The number of amides is 7. The van der Waals surface area contributed by atoms with E-state index < -0.39 is 78.4 Å². The second-order valence-corrected chi connectivity index (χ2v) is 14.4. The third kappa shape index (κ3) is 14.0. The van der Waals surface area contributed by atoms with Gasteiger partial charge in [0.25, 0.3) is 0 Å². The summed E-state index contributed by atoms with van der Waals surface area (Å²) in [6, 6.07) is 18.6. The van der Waals surface area contributed by atoms with Crippen molar-refractivity contribution in [1.29, 1.82) is 0 Å². The van der Waals surface area contributed by atoms with Gasteiger partial charge in [0.2, 0.25) is 35.4 Å². The molecule has 0 saturated carbocycles. The number of imidazole rings is 1. The summed E-state index contributed by atoms with van der Waals surface area (Å²) in [4.78, 5) is 103. The summed E-state index contributed by atoms with van der Waals surface area (Å²) < 4.78 is 11.2. The molecule has 7 amide bonds. The van der Waals surface area contributed by atoms with Gasteiger partial charge < -0.3 is 57.5 Å². The van der Waals surface area contributed by atoms with E-state index in [1.54, 1.807) is 54.7 Å². The van der Waals surface area contributed by atoms with Crippen LogP contribution < -0.4 is 38.1 Å². The normalized spacial score (nSPS) is 13.4. The molecule has 19 nitrogen and oxygen atoms in total. The zero-order chi connectivity index (χ0) is 44.4. The van der Waals surface area contributed by atoms with Gasteiger partial charge in [0.05, 0.1) is 19.5 Å². The zero-order valence-corrected chi connectivity index (χ0v) is 33.9. The SMILES string of the molecule is C[C@@H](NC(=O)[C@H](Cc1c[nH]c2ccccc12)NC(=O)[C@H](COCc1ccccc1)NC(=O)[C@H](CCC(N)=O)NC(=O)[C@H](Cc1cnc[nH]1)NC(=O)OCc1ccccc1)C(N)=O. The molecule has 0 aliphatic heterocycles. The smallest absolute Gasteiger partial charge is 0.408 e. The van der Waals surface area contributed by atoms with E-state index in [9.17, 15) is 33.6 Å². The minimum absolute atomic E-state index is 0.0333. The van der Waals surface area contributed by atoms with Crippen molar-refractivity contribution in [3.63, 3.8) is 0 Å². The van der Waals surface area contributed by atoms with Crippen LogP contribution in [0.1, 0.15) is 42.1 Å².